The third kappa shape index (κ3) is 3.27. The molecule has 0 spiro atoms. The van der Waals surface area contributed by atoms with Crippen molar-refractivity contribution in [1.82, 2.24) is 5.32 Å². The SMILES string of the molecule is CCCNC(CC1CCC1)c1cccc(Cl)c1C. The minimum absolute atomic E-state index is 0.481. The summed E-state index contributed by atoms with van der Waals surface area (Å²) >= 11 is 6.25. The molecule has 0 radical (unpaired) electrons. The molecule has 1 aliphatic carbocycles. The first-order valence-electron chi connectivity index (χ1n) is 7.20. The lowest BCUT2D eigenvalue weighted by atomic mass is 9.79. The van der Waals surface area contributed by atoms with Gasteiger partial charge in [-0.1, -0.05) is 49.9 Å². The molecule has 0 bridgehead atoms. The largest absolute Gasteiger partial charge is 0.310 e. The molecule has 0 aliphatic heterocycles. The van der Waals surface area contributed by atoms with Crippen molar-refractivity contribution in [2.75, 3.05) is 6.54 Å². The van der Waals surface area contributed by atoms with Gasteiger partial charge in [-0.05, 0) is 49.4 Å². The highest BCUT2D eigenvalue weighted by molar-refractivity contribution is 6.31. The summed E-state index contributed by atoms with van der Waals surface area (Å²) in [5.74, 6) is 0.915. The number of rotatable bonds is 6. The van der Waals surface area contributed by atoms with Crippen LogP contribution in [0.3, 0.4) is 0 Å². The van der Waals surface area contributed by atoms with Crippen LogP contribution in [0.15, 0.2) is 18.2 Å². The molecule has 2 rings (SSSR count). The van der Waals surface area contributed by atoms with Gasteiger partial charge in [-0.15, -0.1) is 0 Å². The molecule has 1 aromatic carbocycles. The number of benzene rings is 1. The van der Waals surface area contributed by atoms with Gasteiger partial charge in [0.05, 0.1) is 0 Å². The smallest absolute Gasteiger partial charge is 0.0438 e. The van der Waals surface area contributed by atoms with Crippen LogP contribution >= 0.6 is 11.6 Å². The second kappa shape index (κ2) is 6.58. The van der Waals surface area contributed by atoms with E-state index in [4.69, 9.17) is 11.6 Å². The highest BCUT2D eigenvalue weighted by atomic mass is 35.5. The minimum atomic E-state index is 0.481. The molecule has 0 heterocycles. The summed E-state index contributed by atoms with van der Waals surface area (Å²) in [5.41, 5.74) is 2.63. The third-order valence-electron chi connectivity index (χ3n) is 4.12. The Morgan fingerprint density at radius 1 is 1.39 bits per heavy atom. The molecule has 1 unspecified atom stereocenters. The fraction of sp³-hybridized carbons (Fsp3) is 0.625. The van der Waals surface area contributed by atoms with Crippen molar-refractivity contribution < 1.29 is 0 Å². The fourth-order valence-corrected chi connectivity index (χ4v) is 2.88. The van der Waals surface area contributed by atoms with E-state index in [-0.39, 0.29) is 0 Å². The van der Waals surface area contributed by atoms with E-state index in [0.29, 0.717) is 6.04 Å². The minimum Gasteiger partial charge on any atom is -0.310 e. The second-order valence-electron chi connectivity index (χ2n) is 5.49. The van der Waals surface area contributed by atoms with Crippen LogP contribution in [0, 0.1) is 12.8 Å². The third-order valence-corrected chi connectivity index (χ3v) is 4.53. The van der Waals surface area contributed by atoms with E-state index in [9.17, 15) is 0 Å². The molecule has 100 valence electrons. The van der Waals surface area contributed by atoms with Crippen molar-refractivity contribution in [1.29, 1.82) is 0 Å². The van der Waals surface area contributed by atoms with Gasteiger partial charge in [-0.3, -0.25) is 0 Å². The van der Waals surface area contributed by atoms with Crippen LogP contribution in [0.25, 0.3) is 0 Å². The maximum absolute atomic E-state index is 6.25. The highest BCUT2D eigenvalue weighted by Gasteiger charge is 2.23. The maximum atomic E-state index is 6.25. The molecule has 2 heteroatoms. The van der Waals surface area contributed by atoms with Crippen LogP contribution < -0.4 is 5.32 Å². The first kappa shape index (κ1) is 13.9. The standard InChI is InChI=1S/C16H24ClN/c1-3-10-18-16(11-13-6-4-7-13)14-8-5-9-15(17)12(14)2/h5,8-9,13,16,18H,3-4,6-7,10-11H2,1-2H3. The molecule has 18 heavy (non-hydrogen) atoms. The van der Waals surface area contributed by atoms with Crippen molar-refractivity contribution >= 4 is 11.6 Å². The zero-order valence-electron chi connectivity index (χ0n) is 11.5. The summed E-state index contributed by atoms with van der Waals surface area (Å²) in [6, 6.07) is 6.77. The lowest BCUT2D eigenvalue weighted by Crippen LogP contribution is -2.27. The molecule has 1 aliphatic rings. The maximum Gasteiger partial charge on any atom is 0.0438 e. The molecular formula is C16H24ClN. The Hall–Kier alpha value is -0.530. The zero-order chi connectivity index (χ0) is 13.0. The number of nitrogens with one attached hydrogen (secondary N) is 1. The van der Waals surface area contributed by atoms with Gasteiger partial charge < -0.3 is 5.32 Å². The van der Waals surface area contributed by atoms with E-state index < -0.39 is 0 Å². The Morgan fingerprint density at radius 2 is 2.17 bits per heavy atom. The summed E-state index contributed by atoms with van der Waals surface area (Å²) < 4.78 is 0. The van der Waals surface area contributed by atoms with E-state index in [1.165, 1.54) is 43.2 Å². The normalized spacial score (nSPS) is 17.5. The van der Waals surface area contributed by atoms with Gasteiger partial charge in [0.25, 0.3) is 0 Å². The van der Waals surface area contributed by atoms with Gasteiger partial charge in [0.1, 0.15) is 0 Å². The van der Waals surface area contributed by atoms with E-state index in [2.05, 4.69) is 31.3 Å². The Labute approximate surface area is 116 Å². The van der Waals surface area contributed by atoms with Gasteiger partial charge in [0.15, 0.2) is 0 Å². The van der Waals surface area contributed by atoms with Crippen molar-refractivity contribution in [2.24, 2.45) is 5.92 Å². The topological polar surface area (TPSA) is 12.0 Å². The number of hydrogen-bond donors (Lipinski definition) is 1. The Bertz CT molecular complexity index is 385. The summed E-state index contributed by atoms with van der Waals surface area (Å²) in [4.78, 5) is 0. The zero-order valence-corrected chi connectivity index (χ0v) is 12.3. The molecule has 0 saturated heterocycles. The number of halogens is 1. The van der Waals surface area contributed by atoms with E-state index in [1.807, 2.05) is 6.07 Å². The predicted molar refractivity (Wildman–Crippen MR) is 79.2 cm³/mol. The van der Waals surface area contributed by atoms with Crippen LogP contribution in [-0.4, -0.2) is 6.54 Å². The summed E-state index contributed by atoms with van der Waals surface area (Å²) in [5, 5.41) is 4.59. The van der Waals surface area contributed by atoms with Gasteiger partial charge in [0.2, 0.25) is 0 Å². The Kier molecular flexibility index (Phi) is 5.08. The summed E-state index contributed by atoms with van der Waals surface area (Å²) in [6.07, 6.45) is 6.68. The van der Waals surface area contributed by atoms with E-state index in [0.717, 1.165) is 17.5 Å². The molecule has 1 N–H and O–H groups in total. The molecule has 1 fully saturated rings. The first-order chi connectivity index (χ1) is 8.72. The Balaban J connectivity index is 2.12. The van der Waals surface area contributed by atoms with Crippen molar-refractivity contribution in [3.63, 3.8) is 0 Å². The van der Waals surface area contributed by atoms with Crippen LogP contribution in [0.1, 0.15) is 56.2 Å². The molecule has 1 aromatic rings. The van der Waals surface area contributed by atoms with Gasteiger partial charge in [-0.25, -0.2) is 0 Å². The van der Waals surface area contributed by atoms with Gasteiger partial charge >= 0.3 is 0 Å². The molecule has 0 amide bonds. The summed E-state index contributed by atoms with van der Waals surface area (Å²) in [7, 11) is 0. The molecule has 1 nitrogen and oxygen atoms in total. The van der Waals surface area contributed by atoms with Crippen LogP contribution in [0.2, 0.25) is 5.02 Å². The van der Waals surface area contributed by atoms with E-state index in [1.54, 1.807) is 0 Å². The average molecular weight is 266 g/mol. The molecule has 1 saturated carbocycles. The average Bonchev–Trinajstić information content (AvgIpc) is 2.31. The van der Waals surface area contributed by atoms with Gasteiger partial charge in [-0.2, -0.15) is 0 Å². The quantitative estimate of drug-likeness (QED) is 0.773. The van der Waals surface area contributed by atoms with Crippen LogP contribution in [-0.2, 0) is 0 Å². The lowest BCUT2D eigenvalue weighted by Gasteiger charge is -2.31. The predicted octanol–water partition coefficient (Wildman–Crippen LogP) is 4.88. The van der Waals surface area contributed by atoms with Gasteiger partial charge in [0, 0.05) is 11.1 Å². The number of hydrogen-bond acceptors (Lipinski definition) is 1. The second-order valence-corrected chi connectivity index (χ2v) is 5.90. The fourth-order valence-electron chi connectivity index (χ4n) is 2.70. The molecule has 0 aromatic heterocycles. The lowest BCUT2D eigenvalue weighted by molar-refractivity contribution is 0.261. The summed E-state index contributed by atoms with van der Waals surface area (Å²) in [6.45, 7) is 5.45. The first-order valence-corrected chi connectivity index (χ1v) is 7.58. The van der Waals surface area contributed by atoms with Crippen LogP contribution in [0.4, 0.5) is 0 Å². The van der Waals surface area contributed by atoms with Crippen molar-refractivity contribution in [3.05, 3.63) is 34.3 Å². The monoisotopic (exact) mass is 265 g/mol. The highest BCUT2D eigenvalue weighted by Crippen LogP contribution is 2.36. The van der Waals surface area contributed by atoms with Crippen molar-refractivity contribution in [3.8, 4) is 0 Å². The van der Waals surface area contributed by atoms with Crippen molar-refractivity contribution in [2.45, 2.75) is 52.0 Å². The molecule has 1 atom stereocenters. The molecular weight excluding hydrogens is 242 g/mol. The van der Waals surface area contributed by atoms with E-state index >= 15 is 0 Å². The van der Waals surface area contributed by atoms with Crippen LogP contribution in [0.5, 0.6) is 0 Å². The Morgan fingerprint density at radius 3 is 2.78 bits per heavy atom.